The van der Waals surface area contributed by atoms with Crippen LogP contribution in [-0.2, 0) is 11.9 Å². The number of hydrogen-bond donors (Lipinski definition) is 0. The summed E-state index contributed by atoms with van der Waals surface area (Å²) in [6.45, 7) is 5.02. The average Bonchev–Trinajstić information content (AvgIpc) is 2.74. The van der Waals surface area contributed by atoms with Crippen LogP contribution in [0.4, 0.5) is 5.69 Å². The number of rotatable bonds is 4. The van der Waals surface area contributed by atoms with Crippen molar-refractivity contribution in [2.24, 2.45) is 0 Å². The molecule has 0 unspecified atom stereocenters. The lowest BCUT2D eigenvalue weighted by atomic mass is 10.1. The summed E-state index contributed by atoms with van der Waals surface area (Å²) in [5, 5.41) is 4.14. The molecule has 1 aromatic heterocycles. The van der Waals surface area contributed by atoms with Crippen LogP contribution in [0.5, 0.6) is 0 Å². The van der Waals surface area contributed by atoms with Crippen molar-refractivity contribution in [3.63, 3.8) is 0 Å². The van der Waals surface area contributed by atoms with Crippen LogP contribution in [0.15, 0.2) is 23.6 Å². The minimum absolute atomic E-state index is 0.855. The van der Waals surface area contributed by atoms with Crippen LogP contribution in [-0.4, -0.2) is 12.0 Å². The number of aromatic nitrogens is 1. The molecule has 1 aromatic carbocycles. The van der Waals surface area contributed by atoms with E-state index in [2.05, 4.69) is 63.4 Å². The van der Waals surface area contributed by atoms with Gasteiger partial charge in [-0.05, 0) is 25.5 Å². The van der Waals surface area contributed by atoms with Gasteiger partial charge < -0.3 is 4.90 Å². The highest BCUT2D eigenvalue weighted by Gasteiger charge is 2.09. The van der Waals surface area contributed by atoms with Crippen LogP contribution in [0.25, 0.3) is 0 Å². The Morgan fingerprint density at radius 3 is 2.72 bits per heavy atom. The van der Waals surface area contributed by atoms with Gasteiger partial charge in [0, 0.05) is 23.4 Å². The highest BCUT2D eigenvalue weighted by atomic mass is 79.9. The quantitative estimate of drug-likeness (QED) is 0.780. The number of benzene rings is 1. The minimum Gasteiger partial charge on any atom is -0.368 e. The molecule has 4 heteroatoms. The van der Waals surface area contributed by atoms with E-state index in [1.54, 1.807) is 11.3 Å². The Labute approximate surface area is 121 Å². The number of nitrogens with zero attached hydrogens (tertiary/aromatic N) is 2. The van der Waals surface area contributed by atoms with E-state index in [0.29, 0.717) is 0 Å². The van der Waals surface area contributed by atoms with E-state index in [-0.39, 0.29) is 0 Å². The van der Waals surface area contributed by atoms with Gasteiger partial charge in [0.05, 0.1) is 17.2 Å². The number of thiazole rings is 1. The molecule has 0 N–H and O–H groups in total. The van der Waals surface area contributed by atoms with Crippen molar-refractivity contribution in [2.45, 2.75) is 25.7 Å². The molecule has 0 saturated heterocycles. The second-order valence-electron chi connectivity index (χ2n) is 4.48. The largest absolute Gasteiger partial charge is 0.368 e. The maximum absolute atomic E-state index is 4.51. The molecular weight excluding hydrogens is 308 g/mol. The third kappa shape index (κ3) is 3.12. The van der Waals surface area contributed by atoms with Crippen molar-refractivity contribution in [3.05, 3.63) is 45.4 Å². The SMILES string of the molecule is Cc1ccc(N(C)Cc2csc(C)n2)c(CBr)c1. The lowest BCUT2D eigenvalue weighted by Gasteiger charge is -2.21. The van der Waals surface area contributed by atoms with E-state index in [1.165, 1.54) is 16.8 Å². The fourth-order valence-electron chi connectivity index (χ4n) is 2.00. The van der Waals surface area contributed by atoms with E-state index >= 15 is 0 Å². The van der Waals surface area contributed by atoms with Gasteiger partial charge in [0.15, 0.2) is 0 Å². The molecule has 1 heterocycles. The molecule has 18 heavy (non-hydrogen) atoms. The molecule has 96 valence electrons. The van der Waals surface area contributed by atoms with Crippen molar-refractivity contribution >= 4 is 33.0 Å². The van der Waals surface area contributed by atoms with Crippen molar-refractivity contribution in [3.8, 4) is 0 Å². The Morgan fingerprint density at radius 1 is 1.33 bits per heavy atom. The number of anilines is 1. The van der Waals surface area contributed by atoms with Crippen LogP contribution in [0.1, 0.15) is 21.8 Å². The van der Waals surface area contributed by atoms with Gasteiger partial charge in [-0.25, -0.2) is 4.98 Å². The normalized spacial score (nSPS) is 10.7. The van der Waals surface area contributed by atoms with Crippen LogP contribution < -0.4 is 4.90 Å². The van der Waals surface area contributed by atoms with Crippen molar-refractivity contribution in [2.75, 3.05) is 11.9 Å². The van der Waals surface area contributed by atoms with Gasteiger partial charge in [0.25, 0.3) is 0 Å². The van der Waals surface area contributed by atoms with Gasteiger partial charge >= 0.3 is 0 Å². The second kappa shape index (κ2) is 5.85. The van der Waals surface area contributed by atoms with Crippen LogP contribution in [0.3, 0.4) is 0 Å². The molecule has 0 aliphatic heterocycles. The lowest BCUT2D eigenvalue weighted by Crippen LogP contribution is -2.18. The van der Waals surface area contributed by atoms with Crippen LogP contribution >= 0.6 is 27.3 Å². The lowest BCUT2D eigenvalue weighted by molar-refractivity contribution is 0.885. The Kier molecular flexibility index (Phi) is 4.40. The van der Waals surface area contributed by atoms with Crippen molar-refractivity contribution in [1.82, 2.24) is 4.98 Å². The summed E-state index contributed by atoms with van der Waals surface area (Å²) in [7, 11) is 2.12. The number of hydrogen-bond acceptors (Lipinski definition) is 3. The van der Waals surface area contributed by atoms with Crippen molar-refractivity contribution < 1.29 is 0 Å². The Balaban J connectivity index is 2.20. The predicted octanol–water partition coefficient (Wildman–Crippen LogP) is 4.29. The summed E-state index contributed by atoms with van der Waals surface area (Å²) in [6.07, 6.45) is 0. The molecule has 0 fully saturated rings. The Morgan fingerprint density at radius 2 is 2.11 bits per heavy atom. The molecule has 0 aliphatic rings. The zero-order chi connectivity index (χ0) is 13.1. The monoisotopic (exact) mass is 324 g/mol. The van der Waals surface area contributed by atoms with Gasteiger partial charge in [-0.1, -0.05) is 33.6 Å². The second-order valence-corrected chi connectivity index (χ2v) is 6.10. The third-order valence-corrected chi connectivity index (χ3v) is 4.28. The summed E-state index contributed by atoms with van der Waals surface area (Å²) in [4.78, 5) is 6.77. The molecule has 0 bridgehead atoms. The van der Waals surface area contributed by atoms with Crippen molar-refractivity contribution in [1.29, 1.82) is 0 Å². The summed E-state index contributed by atoms with van der Waals surface area (Å²) in [6, 6.07) is 6.57. The van der Waals surface area contributed by atoms with Crippen LogP contribution in [0.2, 0.25) is 0 Å². The highest BCUT2D eigenvalue weighted by Crippen LogP contribution is 2.24. The first-order valence-corrected chi connectivity index (χ1v) is 7.88. The number of alkyl halides is 1. The van der Waals surface area contributed by atoms with Gasteiger partial charge in [-0.2, -0.15) is 0 Å². The maximum Gasteiger partial charge on any atom is 0.0898 e. The zero-order valence-electron chi connectivity index (χ0n) is 10.9. The smallest absolute Gasteiger partial charge is 0.0898 e. The fourth-order valence-corrected chi connectivity index (χ4v) is 3.06. The van der Waals surface area contributed by atoms with E-state index in [9.17, 15) is 0 Å². The van der Waals surface area contributed by atoms with E-state index in [0.717, 1.165) is 22.6 Å². The number of aryl methyl sites for hydroxylation is 2. The number of halogens is 1. The fraction of sp³-hybridized carbons (Fsp3) is 0.357. The topological polar surface area (TPSA) is 16.1 Å². The Bertz CT molecular complexity index is 536. The predicted molar refractivity (Wildman–Crippen MR) is 82.8 cm³/mol. The van der Waals surface area contributed by atoms with Gasteiger partial charge in [-0.3, -0.25) is 0 Å². The molecule has 0 saturated carbocycles. The minimum atomic E-state index is 0.855. The van der Waals surface area contributed by atoms with E-state index in [4.69, 9.17) is 0 Å². The van der Waals surface area contributed by atoms with Gasteiger partial charge in [-0.15, -0.1) is 11.3 Å². The molecule has 2 nitrogen and oxygen atoms in total. The van der Waals surface area contributed by atoms with Gasteiger partial charge in [0.1, 0.15) is 0 Å². The standard InChI is InChI=1S/C14H17BrN2S/c1-10-4-5-14(12(6-10)7-15)17(3)8-13-9-18-11(2)16-13/h4-6,9H,7-8H2,1-3H3. The first-order chi connectivity index (χ1) is 8.60. The summed E-state index contributed by atoms with van der Waals surface area (Å²) < 4.78 is 0. The molecule has 0 radical (unpaired) electrons. The molecule has 0 spiro atoms. The van der Waals surface area contributed by atoms with Gasteiger partial charge in [0.2, 0.25) is 0 Å². The molecular formula is C14H17BrN2S. The summed E-state index contributed by atoms with van der Waals surface area (Å²) in [5.74, 6) is 0. The summed E-state index contributed by atoms with van der Waals surface area (Å²) >= 11 is 5.27. The first-order valence-electron chi connectivity index (χ1n) is 5.88. The molecule has 0 aliphatic carbocycles. The molecule has 2 rings (SSSR count). The average molecular weight is 325 g/mol. The van der Waals surface area contributed by atoms with Crippen LogP contribution in [0, 0.1) is 13.8 Å². The highest BCUT2D eigenvalue weighted by molar-refractivity contribution is 9.08. The molecule has 0 amide bonds. The Hall–Kier alpha value is -0.870. The molecule has 0 atom stereocenters. The maximum atomic E-state index is 4.51. The summed E-state index contributed by atoms with van der Waals surface area (Å²) in [5.41, 5.74) is 5.03. The molecule has 2 aromatic rings. The van der Waals surface area contributed by atoms with E-state index < -0.39 is 0 Å². The first kappa shape index (κ1) is 13.6. The zero-order valence-corrected chi connectivity index (χ0v) is 13.3. The van der Waals surface area contributed by atoms with E-state index in [1.807, 2.05) is 6.92 Å². The third-order valence-electron chi connectivity index (χ3n) is 2.86.